The van der Waals surface area contributed by atoms with Crippen molar-refractivity contribution in [3.63, 3.8) is 0 Å². The van der Waals surface area contributed by atoms with Crippen LogP contribution in [0.1, 0.15) is 41.2 Å². The minimum absolute atomic E-state index is 0.118. The molecule has 0 N–H and O–H groups in total. The second-order valence-electron chi connectivity index (χ2n) is 6.52. The summed E-state index contributed by atoms with van der Waals surface area (Å²) in [5, 5.41) is 0. The Hall–Kier alpha value is -3.57. The Morgan fingerprint density at radius 1 is 0.600 bits per heavy atom. The third-order valence-corrected chi connectivity index (χ3v) is 4.20. The first-order valence-electron chi connectivity index (χ1n) is 9.14. The van der Waals surface area contributed by atoms with E-state index in [0.717, 1.165) is 25.0 Å². The Balaban J connectivity index is 1.85. The molecule has 0 atom stereocenters. The Labute approximate surface area is 171 Å². The second-order valence-corrected chi connectivity index (χ2v) is 6.52. The quantitative estimate of drug-likeness (QED) is 0.271. The molecule has 5 heteroatoms. The maximum absolute atomic E-state index is 14.3. The first kappa shape index (κ1) is 21.1. The zero-order chi connectivity index (χ0) is 21.7. The first-order valence-corrected chi connectivity index (χ1v) is 9.14. The summed E-state index contributed by atoms with van der Waals surface area (Å²) >= 11 is 0. The monoisotopic (exact) mass is 410 g/mol. The highest BCUT2D eigenvalue weighted by atomic mass is 19.2. The highest BCUT2D eigenvalue weighted by Crippen LogP contribution is 2.16. The fourth-order valence-corrected chi connectivity index (χ4v) is 2.71. The van der Waals surface area contributed by atoms with E-state index in [2.05, 4.69) is 30.6 Å². The van der Waals surface area contributed by atoms with Crippen molar-refractivity contribution < 1.29 is 22.0 Å². The van der Waals surface area contributed by atoms with Gasteiger partial charge in [-0.05, 0) is 48.4 Å². The van der Waals surface area contributed by atoms with Crippen LogP contribution in [0.4, 0.5) is 22.0 Å². The molecule has 0 amide bonds. The van der Waals surface area contributed by atoms with Crippen molar-refractivity contribution in [2.45, 2.75) is 19.8 Å². The molecule has 0 bridgehead atoms. The molecule has 0 unspecified atom stereocenters. The number of halogens is 5. The van der Waals surface area contributed by atoms with E-state index in [0.29, 0.717) is 17.7 Å². The topological polar surface area (TPSA) is 0 Å². The molecule has 0 spiro atoms. The summed E-state index contributed by atoms with van der Waals surface area (Å²) in [5.74, 6) is 3.52. The lowest BCUT2D eigenvalue weighted by Crippen LogP contribution is -1.94. The van der Waals surface area contributed by atoms with Gasteiger partial charge in [0.2, 0.25) is 0 Å². The van der Waals surface area contributed by atoms with Crippen molar-refractivity contribution in [2.24, 2.45) is 0 Å². The van der Waals surface area contributed by atoms with Crippen LogP contribution in [-0.2, 0) is 6.42 Å². The van der Waals surface area contributed by atoms with Crippen molar-refractivity contribution in [2.75, 3.05) is 0 Å². The zero-order valence-electron chi connectivity index (χ0n) is 15.9. The van der Waals surface area contributed by atoms with Crippen LogP contribution in [0, 0.1) is 52.8 Å². The van der Waals surface area contributed by atoms with Crippen LogP contribution in [0.3, 0.4) is 0 Å². The number of hydrogen-bond acceptors (Lipinski definition) is 0. The number of hydrogen-bond donors (Lipinski definition) is 0. The van der Waals surface area contributed by atoms with Gasteiger partial charge in [0, 0.05) is 16.7 Å². The number of benzene rings is 3. The lowest BCUT2D eigenvalue weighted by atomic mass is 10.1. The molecule has 0 aliphatic rings. The fraction of sp³-hybridized carbons (Fsp3) is 0.120. The molecule has 0 heterocycles. The maximum Gasteiger partial charge on any atom is 0.194 e. The fourth-order valence-electron chi connectivity index (χ4n) is 2.71. The predicted molar refractivity (Wildman–Crippen MR) is 105 cm³/mol. The summed E-state index contributed by atoms with van der Waals surface area (Å²) < 4.78 is 68.0. The minimum atomic E-state index is -1.64. The first-order chi connectivity index (χ1) is 14.4. The second kappa shape index (κ2) is 9.29. The highest BCUT2D eigenvalue weighted by molar-refractivity contribution is 5.49. The molecule has 0 aliphatic heterocycles. The van der Waals surface area contributed by atoms with Gasteiger partial charge < -0.3 is 0 Å². The Morgan fingerprint density at radius 3 is 1.60 bits per heavy atom. The molecule has 0 saturated heterocycles. The van der Waals surface area contributed by atoms with Crippen LogP contribution in [0.2, 0.25) is 0 Å². The van der Waals surface area contributed by atoms with Crippen LogP contribution in [0.15, 0.2) is 48.5 Å². The van der Waals surface area contributed by atoms with Gasteiger partial charge in [0.25, 0.3) is 0 Å². The van der Waals surface area contributed by atoms with Gasteiger partial charge in [0.15, 0.2) is 17.5 Å². The Kier molecular flexibility index (Phi) is 6.54. The summed E-state index contributed by atoms with van der Waals surface area (Å²) in [6, 6.07) is 10.9. The molecule has 30 heavy (non-hydrogen) atoms. The zero-order valence-corrected chi connectivity index (χ0v) is 15.9. The lowest BCUT2D eigenvalue weighted by molar-refractivity contribution is 0.446. The third-order valence-electron chi connectivity index (χ3n) is 4.20. The maximum atomic E-state index is 14.3. The molecule has 0 saturated carbocycles. The van der Waals surface area contributed by atoms with Gasteiger partial charge >= 0.3 is 0 Å². The van der Waals surface area contributed by atoms with Gasteiger partial charge in [-0.15, -0.1) is 0 Å². The summed E-state index contributed by atoms with van der Waals surface area (Å²) in [6.07, 6.45) is 1.99. The Morgan fingerprint density at radius 2 is 1.07 bits per heavy atom. The van der Waals surface area contributed by atoms with Gasteiger partial charge in [0.1, 0.15) is 11.6 Å². The summed E-state index contributed by atoms with van der Waals surface area (Å²) in [6.45, 7) is 2.08. The van der Waals surface area contributed by atoms with Gasteiger partial charge in [-0.3, -0.25) is 0 Å². The van der Waals surface area contributed by atoms with E-state index in [1.54, 1.807) is 0 Å². The third kappa shape index (κ3) is 5.07. The van der Waals surface area contributed by atoms with Crippen LogP contribution in [0.25, 0.3) is 0 Å². The molecule has 3 aromatic rings. The molecule has 0 fully saturated rings. The normalized spacial score (nSPS) is 10.1. The van der Waals surface area contributed by atoms with Crippen LogP contribution in [0.5, 0.6) is 0 Å². The van der Waals surface area contributed by atoms with Crippen molar-refractivity contribution >= 4 is 0 Å². The molecule has 150 valence electrons. The molecular formula is C25H15F5. The molecule has 0 radical (unpaired) electrons. The van der Waals surface area contributed by atoms with Crippen LogP contribution >= 0.6 is 0 Å². The molecule has 0 aromatic heterocycles. The van der Waals surface area contributed by atoms with E-state index in [4.69, 9.17) is 0 Å². The average molecular weight is 410 g/mol. The van der Waals surface area contributed by atoms with Gasteiger partial charge in [-0.25, -0.2) is 22.0 Å². The van der Waals surface area contributed by atoms with Crippen molar-refractivity contribution in [3.8, 4) is 23.7 Å². The summed E-state index contributed by atoms with van der Waals surface area (Å²) in [4.78, 5) is 0. The van der Waals surface area contributed by atoms with E-state index < -0.39 is 34.6 Å². The van der Waals surface area contributed by atoms with Crippen LogP contribution in [-0.4, -0.2) is 0 Å². The summed E-state index contributed by atoms with van der Waals surface area (Å²) in [5.41, 5.74) is 1.19. The highest BCUT2D eigenvalue weighted by Gasteiger charge is 2.11. The SMILES string of the molecule is CCCc1ccc(C#Cc2cc(F)c(C#Cc3cc(F)c(F)c(F)c3)c(F)c2)cc1. The largest absolute Gasteiger partial charge is 0.205 e. The average Bonchev–Trinajstić information content (AvgIpc) is 2.71. The van der Waals surface area contributed by atoms with E-state index in [1.165, 1.54) is 5.56 Å². The number of aryl methyl sites for hydroxylation is 1. The van der Waals surface area contributed by atoms with Crippen LogP contribution < -0.4 is 0 Å². The number of rotatable bonds is 2. The van der Waals surface area contributed by atoms with Crippen molar-refractivity contribution in [1.82, 2.24) is 0 Å². The minimum Gasteiger partial charge on any atom is -0.205 e. The molecular weight excluding hydrogens is 395 g/mol. The van der Waals surface area contributed by atoms with E-state index >= 15 is 0 Å². The molecule has 0 aliphatic carbocycles. The Bertz CT molecular complexity index is 1160. The van der Waals surface area contributed by atoms with Gasteiger partial charge in [-0.1, -0.05) is 49.2 Å². The predicted octanol–water partition coefficient (Wildman–Crippen LogP) is 6.13. The van der Waals surface area contributed by atoms with E-state index in [1.807, 2.05) is 24.3 Å². The van der Waals surface area contributed by atoms with Crippen molar-refractivity contribution in [1.29, 1.82) is 0 Å². The standard InChI is InChI=1S/C25H15F5/c1-2-3-16-4-6-17(7-5-16)8-9-18-12-21(26)20(22(27)13-18)11-10-19-14-23(28)25(30)24(29)15-19/h4-7,12-15H,2-3H2,1H3. The molecule has 3 rings (SSSR count). The van der Waals surface area contributed by atoms with Crippen molar-refractivity contribution in [3.05, 3.63) is 105 Å². The smallest absolute Gasteiger partial charge is 0.194 e. The molecule has 3 aromatic carbocycles. The molecule has 0 nitrogen and oxygen atoms in total. The van der Waals surface area contributed by atoms with Gasteiger partial charge in [-0.2, -0.15) is 0 Å². The lowest BCUT2D eigenvalue weighted by Gasteiger charge is -2.00. The van der Waals surface area contributed by atoms with Gasteiger partial charge in [0.05, 0.1) is 5.56 Å². The van der Waals surface area contributed by atoms with E-state index in [9.17, 15) is 22.0 Å². The van der Waals surface area contributed by atoms with E-state index in [-0.39, 0.29) is 11.1 Å². The summed E-state index contributed by atoms with van der Waals surface area (Å²) in [7, 11) is 0.